The lowest BCUT2D eigenvalue weighted by Crippen LogP contribution is -2.44. The zero-order chi connectivity index (χ0) is 25.5. The standard InChI is InChI=1S/C34H48O2/c1-23(2)10-9-11-24(3)29-16-17-30-28-15-14-26-22-27(36-32(35)25-12-7-6-8-13-25)18-20-33(26,4)31(28)19-21-34(29,30)5/h6-8,12-13,17,23-24,26-27,29H,9-11,14-16,18-22H2,1-5H3/t24-,26-,27+,29-,33+,34-/m1/s1. The van der Waals surface area contributed by atoms with Gasteiger partial charge in [0.25, 0.3) is 0 Å². The molecule has 2 heteroatoms. The Hall–Kier alpha value is -1.83. The van der Waals surface area contributed by atoms with Gasteiger partial charge in [-0.1, -0.05) is 83.7 Å². The summed E-state index contributed by atoms with van der Waals surface area (Å²) in [5, 5.41) is 0. The van der Waals surface area contributed by atoms with Gasteiger partial charge in [-0.05, 0) is 109 Å². The Morgan fingerprint density at radius 2 is 1.78 bits per heavy atom. The summed E-state index contributed by atoms with van der Waals surface area (Å²) >= 11 is 0. The SMILES string of the molecule is CC(C)CCC[C@@H](C)[C@H]1CC=C2C3=C(CC[C@@]21C)[C@@]1(C)CC[C@H](OC(=O)c2ccccc2)C[C@H]1CC3. The van der Waals surface area contributed by atoms with E-state index < -0.39 is 0 Å². The Bertz CT molecular complexity index is 1020. The number of ether oxygens (including phenoxy) is 1. The summed E-state index contributed by atoms with van der Waals surface area (Å²) in [5.41, 5.74) is 6.60. The number of fused-ring (bicyclic) bond motifs is 4. The van der Waals surface area contributed by atoms with Gasteiger partial charge in [0.2, 0.25) is 0 Å². The van der Waals surface area contributed by atoms with Gasteiger partial charge in [0.05, 0.1) is 5.56 Å². The fourth-order valence-electron chi connectivity index (χ4n) is 8.66. The quantitative estimate of drug-likeness (QED) is 0.357. The maximum absolute atomic E-state index is 12.7. The molecule has 0 aromatic heterocycles. The Morgan fingerprint density at radius 3 is 2.53 bits per heavy atom. The highest BCUT2D eigenvalue weighted by Gasteiger charge is 2.53. The predicted octanol–water partition coefficient (Wildman–Crippen LogP) is 9.32. The van der Waals surface area contributed by atoms with Crippen molar-refractivity contribution in [1.29, 1.82) is 0 Å². The molecule has 2 nitrogen and oxygen atoms in total. The van der Waals surface area contributed by atoms with E-state index in [4.69, 9.17) is 4.74 Å². The second kappa shape index (κ2) is 10.1. The molecule has 0 N–H and O–H groups in total. The van der Waals surface area contributed by atoms with Crippen molar-refractivity contribution in [2.45, 2.75) is 111 Å². The molecule has 0 saturated heterocycles. The average molecular weight is 489 g/mol. The van der Waals surface area contributed by atoms with Crippen molar-refractivity contribution in [3.8, 4) is 0 Å². The van der Waals surface area contributed by atoms with Gasteiger partial charge in [-0.3, -0.25) is 0 Å². The van der Waals surface area contributed by atoms with Crippen LogP contribution in [0.15, 0.2) is 53.1 Å². The van der Waals surface area contributed by atoms with Crippen LogP contribution in [0, 0.1) is 34.5 Å². The summed E-state index contributed by atoms with van der Waals surface area (Å²) in [5.74, 6) is 2.92. The number of benzene rings is 1. The summed E-state index contributed by atoms with van der Waals surface area (Å²) < 4.78 is 6.01. The van der Waals surface area contributed by atoms with Crippen LogP contribution in [0.2, 0.25) is 0 Å². The van der Waals surface area contributed by atoms with Gasteiger partial charge >= 0.3 is 5.97 Å². The van der Waals surface area contributed by atoms with Crippen molar-refractivity contribution in [3.05, 3.63) is 58.7 Å². The molecule has 4 aliphatic rings. The van der Waals surface area contributed by atoms with Crippen LogP contribution >= 0.6 is 0 Å². The summed E-state index contributed by atoms with van der Waals surface area (Å²) in [4.78, 5) is 12.7. The molecular weight excluding hydrogens is 440 g/mol. The molecule has 0 heterocycles. The largest absolute Gasteiger partial charge is 0.459 e. The zero-order valence-electron chi connectivity index (χ0n) is 23.4. The number of carbonyl (C=O) groups excluding carboxylic acids is 1. The van der Waals surface area contributed by atoms with Crippen LogP contribution in [0.1, 0.15) is 116 Å². The average Bonchev–Trinajstić information content (AvgIpc) is 3.22. The Labute approximate surface area is 220 Å². The molecular formula is C34H48O2. The van der Waals surface area contributed by atoms with Crippen LogP contribution < -0.4 is 0 Å². The monoisotopic (exact) mass is 488 g/mol. The molecule has 0 radical (unpaired) electrons. The number of hydrogen-bond acceptors (Lipinski definition) is 2. The van der Waals surface area contributed by atoms with Crippen LogP contribution in [0.4, 0.5) is 0 Å². The van der Waals surface area contributed by atoms with E-state index in [9.17, 15) is 4.79 Å². The molecule has 0 spiro atoms. The lowest BCUT2D eigenvalue weighted by atomic mass is 9.51. The van der Waals surface area contributed by atoms with Crippen LogP contribution in [0.25, 0.3) is 0 Å². The highest BCUT2D eigenvalue weighted by atomic mass is 16.5. The maximum Gasteiger partial charge on any atom is 0.338 e. The minimum atomic E-state index is -0.155. The first-order valence-corrected chi connectivity index (χ1v) is 14.9. The van der Waals surface area contributed by atoms with E-state index >= 15 is 0 Å². The normalized spacial score (nSPS) is 34.5. The van der Waals surface area contributed by atoms with Crippen molar-refractivity contribution in [3.63, 3.8) is 0 Å². The summed E-state index contributed by atoms with van der Waals surface area (Å²) in [6.45, 7) is 12.4. The molecule has 0 bridgehead atoms. The van der Waals surface area contributed by atoms with E-state index in [-0.39, 0.29) is 17.5 Å². The molecule has 1 aromatic rings. The van der Waals surface area contributed by atoms with E-state index in [1.165, 1.54) is 51.4 Å². The molecule has 0 unspecified atom stereocenters. The number of allylic oxidation sites excluding steroid dienone is 4. The van der Waals surface area contributed by atoms with Gasteiger partial charge in [-0.25, -0.2) is 4.79 Å². The third-order valence-electron chi connectivity index (χ3n) is 10.9. The fourth-order valence-corrected chi connectivity index (χ4v) is 8.66. The molecule has 196 valence electrons. The first-order chi connectivity index (χ1) is 17.2. The minimum absolute atomic E-state index is 0.0635. The lowest BCUT2D eigenvalue weighted by Gasteiger charge is -2.54. The molecule has 36 heavy (non-hydrogen) atoms. The van der Waals surface area contributed by atoms with Crippen molar-refractivity contribution in [1.82, 2.24) is 0 Å². The van der Waals surface area contributed by atoms with Crippen molar-refractivity contribution in [2.24, 2.45) is 34.5 Å². The molecule has 1 fully saturated rings. The van der Waals surface area contributed by atoms with Gasteiger partial charge in [-0.15, -0.1) is 0 Å². The summed E-state index contributed by atoms with van der Waals surface area (Å²) in [7, 11) is 0. The van der Waals surface area contributed by atoms with Crippen LogP contribution in [0.5, 0.6) is 0 Å². The first kappa shape index (κ1) is 25.8. The van der Waals surface area contributed by atoms with Gasteiger partial charge in [0.1, 0.15) is 6.10 Å². The second-order valence-corrected chi connectivity index (χ2v) is 13.5. The third-order valence-corrected chi connectivity index (χ3v) is 10.9. The zero-order valence-corrected chi connectivity index (χ0v) is 23.4. The van der Waals surface area contributed by atoms with Crippen molar-refractivity contribution >= 4 is 5.97 Å². The van der Waals surface area contributed by atoms with Crippen molar-refractivity contribution in [2.75, 3.05) is 0 Å². The molecule has 4 aliphatic carbocycles. The van der Waals surface area contributed by atoms with E-state index in [2.05, 4.69) is 40.7 Å². The van der Waals surface area contributed by atoms with E-state index in [0.29, 0.717) is 16.9 Å². The van der Waals surface area contributed by atoms with E-state index in [1.807, 2.05) is 30.3 Å². The van der Waals surface area contributed by atoms with Gasteiger partial charge in [0.15, 0.2) is 0 Å². The summed E-state index contributed by atoms with van der Waals surface area (Å²) in [6, 6.07) is 9.49. The predicted molar refractivity (Wildman–Crippen MR) is 149 cm³/mol. The number of carbonyl (C=O) groups is 1. The molecule has 1 aromatic carbocycles. The van der Waals surface area contributed by atoms with Gasteiger partial charge < -0.3 is 4.74 Å². The molecule has 0 amide bonds. The van der Waals surface area contributed by atoms with Crippen molar-refractivity contribution < 1.29 is 9.53 Å². The van der Waals surface area contributed by atoms with Gasteiger partial charge in [0, 0.05) is 0 Å². The molecule has 6 atom stereocenters. The Morgan fingerprint density at radius 1 is 1.00 bits per heavy atom. The highest BCUT2D eigenvalue weighted by Crippen LogP contribution is 2.64. The van der Waals surface area contributed by atoms with E-state index in [1.54, 1.807) is 16.7 Å². The first-order valence-electron chi connectivity index (χ1n) is 14.9. The van der Waals surface area contributed by atoms with Crippen LogP contribution in [0.3, 0.4) is 0 Å². The fraction of sp³-hybridized carbons (Fsp3) is 0.676. The van der Waals surface area contributed by atoms with Gasteiger partial charge in [-0.2, -0.15) is 0 Å². The number of rotatable bonds is 7. The van der Waals surface area contributed by atoms with Crippen LogP contribution in [-0.4, -0.2) is 12.1 Å². The number of esters is 1. The number of hydrogen-bond donors (Lipinski definition) is 0. The highest BCUT2D eigenvalue weighted by molar-refractivity contribution is 5.89. The minimum Gasteiger partial charge on any atom is -0.459 e. The topological polar surface area (TPSA) is 26.3 Å². The smallest absolute Gasteiger partial charge is 0.338 e. The maximum atomic E-state index is 12.7. The lowest BCUT2D eigenvalue weighted by molar-refractivity contribution is -0.0124. The van der Waals surface area contributed by atoms with Crippen LogP contribution in [-0.2, 0) is 4.74 Å². The molecule has 0 aliphatic heterocycles. The summed E-state index contributed by atoms with van der Waals surface area (Å²) in [6.07, 6.45) is 16.4. The second-order valence-electron chi connectivity index (χ2n) is 13.5. The Kier molecular flexibility index (Phi) is 7.27. The Balaban J connectivity index is 1.27. The third kappa shape index (κ3) is 4.63. The van der Waals surface area contributed by atoms with E-state index in [0.717, 1.165) is 37.0 Å². The molecule has 1 saturated carbocycles. The molecule has 5 rings (SSSR count).